The van der Waals surface area contributed by atoms with Gasteiger partial charge in [0.25, 0.3) is 0 Å². The summed E-state index contributed by atoms with van der Waals surface area (Å²) in [5, 5.41) is 17.6. The molecular formula is C34H50N5O6Rb3. The topological polar surface area (TPSA) is 161 Å². The minimum absolute atomic E-state index is 0. The van der Waals surface area contributed by atoms with Crippen molar-refractivity contribution in [1.82, 2.24) is 10.6 Å². The number of hydrogen-bond donors (Lipinski definition) is 2. The Kier molecular flexibility index (Phi) is 34.7. The molecule has 0 saturated heterocycles. The molecular weight excluding hydrogens is 831 g/mol. The van der Waals surface area contributed by atoms with E-state index in [1.807, 2.05) is 14.0 Å². The standard InChI is InChI=1S/C34H53N5O6.3Rb/c1-4-11-25(30(40)5-2)12-8-9-19-37-34(44)38-20-10-22-45-23-21-36-31(41)24-32(42)39-27-17-15-26(16-18-27)33(43)28-13-6-7-14-29(28)35-3;;;/h15-18,25H,4-14,19-24H2,1-3H3,(H5,35,36,37,38,39,41,42,43,44);;;/q;3*+1/p-3. The van der Waals surface area contributed by atoms with Crippen LogP contribution in [-0.2, 0) is 19.1 Å². The van der Waals surface area contributed by atoms with Crippen LogP contribution in [0.5, 0.6) is 0 Å². The number of rotatable bonds is 22. The van der Waals surface area contributed by atoms with Crippen LogP contribution in [0.3, 0.4) is 0 Å². The van der Waals surface area contributed by atoms with Crippen LogP contribution in [0.15, 0.2) is 35.5 Å². The molecule has 2 rings (SSSR count). The van der Waals surface area contributed by atoms with Gasteiger partial charge in [0.2, 0.25) is 0 Å². The number of carbonyl (C=O) groups excluding carboxylic acids is 5. The van der Waals surface area contributed by atoms with Crippen LogP contribution in [-0.4, -0.2) is 69.3 Å². The van der Waals surface area contributed by atoms with E-state index in [4.69, 9.17) is 4.74 Å². The van der Waals surface area contributed by atoms with Gasteiger partial charge in [-0.15, -0.1) is 12.2 Å². The first-order valence-electron chi connectivity index (χ1n) is 16.3. The van der Waals surface area contributed by atoms with E-state index in [-0.39, 0.29) is 205 Å². The number of amides is 4. The molecule has 1 aromatic carbocycles. The Morgan fingerprint density at radius 3 is 2.21 bits per heavy atom. The Bertz CT molecular complexity index is 1150. The third-order valence-corrected chi connectivity index (χ3v) is 7.65. The van der Waals surface area contributed by atoms with Gasteiger partial charge < -0.3 is 40.9 Å². The molecule has 0 aliphatic heterocycles. The molecule has 250 valence electrons. The van der Waals surface area contributed by atoms with Gasteiger partial charge in [-0.05, 0) is 51.5 Å². The Morgan fingerprint density at radius 1 is 0.833 bits per heavy atom. The molecule has 2 N–H and O–H groups in total. The van der Waals surface area contributed by atoms with E-state index in [0.717, 1.165) is 69.1 Å². The average Bonchev–Trinajstić information content (AvgIpc) is 3.04. The van der Waals surface area contributed by atoms with E-state index in [2.05, 4.69) is 33.5 Å². The molecule has 4 amide bonds. The van der Waals surface area contributed by atoms with Crippen LogP contribution in [0.25, 0.3) is 16.0 Å². The van der Waals surface area contributed by atoms with Crippen molar-refractivity contribution in [2.24, 2.45) is 5.92 Å². The van der Waals surface area contributed by atoms with E-state index < -0.39 is 18.2 Å². The molecule has 0 fully saturated rings. The molecule has 0 spiro atoms. The molecule has 48 heavy (non-hydrogen) atoms. The van der Waals surface area contributed by atoms with Gasteiger partial charge in [-0.1, -0.05) is 63.9 Å². The Balaban J connectivity index is 0. The summed E-state index contributed by atoms with van der Waals surface area (Å²) in [5.41, 5.74) is 2.70. The molecule has 0 heterocycles. The fourth-order valence-electron chi connectivity index (χ4n) is 5.22. The summed E-state index contributed by atoms with van der Waals surface area (Å²) < 4.78 is 5.43. The summed E-state index contributed by atoms with van der Waals surface area (Å²) in [6.45, 7) is 5.55. The molecule has 0 radical (unpaired) electrons. The minimum Gasteiger partial charge on any atom is -0.651 e. The number of benzene rings is 1. The molecule has 11 nitrogen and oxygen atoms in total. The predicted octanol–water partition coefficient (Wildman–Crippen LogP) is -2.19. The third-order valence-electron chi connectivity index (χ3n) is 7.65. The maximum Gasteiger partial charge on any atom is 1.00 e. The molecule has 0 bridgehead atoms. The number of carbonyl (C=O) groups is 5. The van der Waals surface area contributed by atoms with Crippen molar-refractivity contribution in [2.45, 2.75) is 90.9 Å². The second-order valence-electron chi connectivity index (χ2n) is 11.1. The van der Waals surface area contributed by atoms with Crippen LogP contribution in [0.4, 0.5) is 10.5 Å². The first-order valence-corrected chi connectivity index (χ1v) is 16.3. The number of unbranched alkanes of at least 4 members (excludes halogenated alkanes) is 1. The molecule has 1 aliphatic rings. The first kappa shape index (κ1) is 51.8. The van der Waals surface area contributed by atoms with E-state index in [0.29, 0.717) is 49.6 Å². The minimum atomic E-state index is -0.608. The second-order valence-corrected chi connectivity index (χ2v) is 11.1. The molecule has 1 unspecified atom stereocenters. The summed E-state index contributed by atoms with van der Waals surface area (Å²) in [7, 11) is 1.83. The van der Waals surface area contributed by atoms with Gasteiger partial charge in [-0.3, -0.25) is 14.4 Å². The number of urea groups is 1. The SMILES string of the molecule is CCCC(CCCCNC(=O)[N-]CCCOCC[N-]C(=O)CC(=O)[N-]c1ccc(C(=O)C2=C(NC)CCCC2)cc1)C(=O)CC.[Rb+].[Rb+].[Rb+]. The van der Waals surface area contributed by atoms with Gasteiger partial charge >= 0.3 is 175 Å². The number of allylic oxidation sites excluding steroid dienone is 2. The summed E-state index contributed by atoms with van der Waals surface area (Å²) in [5.74, 6) is -0.747. The Hall–Kier alpha value is 1.69. The maximum atomic E-state index is 12.9. The van der Waals surface area contributed by atoms with Gasteiger partial charge in [0.05, 0.1) is 11.8 Å². The number of nitrogens with one attached hydrogen (secondary N) is 2. The van der Waals surface area contributed by atoms with Crippen molar-refractivity contribution in [3.63, 3.8) is 0 Å². The normalized spacial score (nSPS) is 12.6. The molecule has 0 saturated carbocycles. The van der Waals surface area contributed by atoms with Crippen molar-refractivity contribution in [1.29, 1.82) is 0 Å². The van der Waals surface area contributed by atoms with Gasteiger partial charge in [-0.2, -0.15) is 0 Å². The number of ketones is 2. The summed E-state index contributed by atoms with van der Waals surface area (Å²) in [4.78, 5) is 60.9. The number of ether oxygens (including phenoxy) is 1. The molecule has 14 heteroatoms. The zero-order valence-corrected chi connectivity index (χ0v) is 44.9. The van der Waals surface area contributed by atoms with E-state index in [1.54, 1.807) is 24.3 Å². The average molecular weight is 881 g/mol. The molecule has 1 atom stereocenters. The smallest absolute Gasteiger partial charge is 0.651 e. The number of nitrogens with zero attached hydrogens (tertiary/aromatic N) is 3. The van der Waals surface area contributed by atoms with Crippen LogP contribution in [0.2, 0.25) is 0 Å². The summed E-state index contributed by atoms with van der Waals surface area (Å²) >= 11 is 0. The summed E-state index contributed by atoms with van der Waals surface area (Å²) in [6.07, 6.45) is 8.86. The van der Waals surface area contributed by atoms with Crippen molar-refractivity contribution in [3.05, 3.63) is 57.0 Å². The second kappa shape index (κ2) is 32.1. The quantitative estimate of drug-likeness (QED) is 0.0761. The fraction of sp³-hybridized carbons (Fsp3) is 0.618. The van der Waals surface area contributed by atoms with Gasteiger partial charge in [-0.25, -0.2) is 0 Å². The zero-order chi connectivity index (χ0) is 32.9. The Morgan fingerprint density at radius 2 is 1.54 bits per heavy atom. The fourth-order valence-corrected chi connectivity index (χ4v) is 5.22. The largest absolute Gasteiger partial charge is 1.00 e. The first-order chi connectivity index (χ1) is 21.8. The number of Topliss-reactive ketones (excluding diaryl/α,β-unsaturated/α-hetero) is 2. The van der Waals surface area contributed by atoms with Gasteiger partial charge in [0.1, 0.15) is 5.78 Å². The van der Waals surface area contributed by atoms with Crippen LogP contribution in [0.1, 0.15) is 101 Å². The van der Waals surface area contributed by atoms with Crippen LogP contribution < -0.4 is 185 Å². The monoisotopic (exact) mass is 879 g/mol. The van der Waals surface area contributed by atoms with Crippen molar-refractivity contribution in [2.75, 3.05) is 39.9 Å². The van der Waals surface area contributed by atoms with Crippen molar-refractivity contribution < 1.29 is 203 Å². The maximum absolute atomic E-state index is 12.9. The van der Waals surface area contributed by atoms with Crippen molar-refractivity contribution >= 4 is 35.1 Å². The third kappa shape index (κ3) is 22.0. The number of hydrogen-bond acceptors (Lipinski definition) is 7. The van der Waals surface area contributed by atoms with E-state index in [1.165, 1.54) is 0 Å². The van der Waals surface area contributed by atoms with Crippen molar-refractivity contribution in [3.8, 4) is 0 Å². The van der Waals surface area contributed by atoms with Gasteiger partial charge in [0.15, 0.2) is 11.8 Å². The Labute approximate surface area is 434 Å². The summed E-state index contributed by atoms with van der Waals surface area (Å²) in [6, 6.07) is 6.14. The van der Waals surface area contributed by atoms with E-state index in [9.17, 15) is 24.0 Å². The van der Waals surface area contributed by atoms with Gasteiger partial charge in [0, 0.05) is 55.9 Å². The van der Waals surface area contributed by atoms with Crippen LogP contribution in [0, 0.1) is 5.92 Å². The predicted molar refractivity (Wildman–Crippen MR) is 176 cm³/mol. The van der Waals surface area contributed by atoms with Crippen LogP contribution >= 0.6 is 0 Å². The van der Waals surface area contributed by atoms with E-state index >= 15 is 0 Å². The molecule has 1 aromatic rings. The molecule has 0 aromatic heterocycles. The zero-order valence-electron chi connectivity index (χ0n) is 30.2. The molecule has 1 aliphatic carbocycles.